The number of nitrogens with zero attached hydrogens (tertiary/aromatic N) is 1. The van der Waals surface area contributed by atoms with Gasteiger partial charge in [-0.25, -0.2) is 0 Å². The fourth-order valence-electron chi connectivity index (χ4n) is 7.56. The first-order valence-corrected chi connectivity index (χ1v) is 17.1. The highest BCUT2D eigenvalue weighted by Crippen LogP contribution is 2.40. The van der Waals surface area contributed by atoms with E-state index in [9.17, 15) is 0 Å². The fourth-order valence-corrected chi connectivity index (χ4v) is 7.56. The molecule has 10 aromatic rings. The van der Waals surface area contributed by atoms with E-state index in [2.05, 4.69) is 181 Å². The van der Waals surface area contributed by atoms with Crippen LogP contribution in [0.15, 0.2) is 192 Å². The summed E-state index contributed by atoms with van der Waals surface area (Å²) < 4.78 is 6.14. The van der Waals surface area contributed by atoms with Gasteiger partial charge in [0.2, 0.25) is 0 Å². The van der Waals surface area contributed by atoms with Gasteiger partial charge in [0, 0.05) is 27.8 Å². The largest absolute Gasteiger partial charge is 0.456 e. The van der Waals surface area contributed by atoms with Crippen LogP contribution < -0.4 is 4.90 Å². The summed E-state index contributed by atoms with van der Waals surface area (Å²) in [5.41, 5.74) is 10.0. The summed E-state index contributed by atoms with van der Waals surface area (Å²) >= 11 is 0. The minimum Gasteiger partial charge on any atom is -0.456 e. The van der Waals surface area contributed by atoms with Crippen LogP contribution in [-0.4, -0.2) is 0 Å². The minimum absolute atomic E-state index is 0.924. The monoisotopic (exact) mass is 637 g/mol. The maximum absolute atomic E-state index is 6.14. The van der Waals surface area contributed by atoms with Crippen LogP contribution in [0.4, 0.5) is 17.1 Å². The van der Waals surface area contributed by atoms with Gasteiger partial charge in [0.1, 0.15) is 11.2 Å². The Balaban J connectivity index is 1.02. The molecule has 50 heavy (non-hydrogen) atoms. The lowest BCUT2D eigenvalue weighted by Gasteiger charge is -2.26. The molecule has 0 fully saturated rings. The Labute approximate surface area is 290 Å². The number of benzene rings is 9. The van der Waals surface area contributed by atoms with Gasteiger partial charge in [-0.2, -0.15) is 0 Å². The van der Waals surface area contributed by atoms with E-state index in [4.69, 9.17) is 4.42 Å². The predicted molar refractivity (Wildman–Crippen MR) is 212 cm³/mol. The molecular formula is C48H31NO. The standard InChI is InChI=1S/C48H31NO/c1-2-11-38(12-3-1)49(40-26-22-33(23-27-40)45-29-36-10-4-5-13-41(36)42-14-6-7-15-43(42)45)39-24-20-32(21-25-39)34-18-19-35-31-48-46(30-37(35)28-34)44-16-8-9-17-47(44)50-48/h1-31H. The number of furan rings is 1. The summed E-state index contributed by atoms with van der Waals surface area (Å²) in [6.45, 7) is 0. The van der Waals surface area contributed by atoms with E-state index >= 15 is 0 Å². The van der Waals surface area contributed by atoms with Gasteiger partial charge < -0.3 is 9.32 Å². The molecule has 0 spiro atoms. The number of anilines is 3. The molecule has 234 valence electrons. The first-order chi connectivity index (χ1) is 24.8. The molecule has 0 bridgehead atoms. The van der Waals surface area contributed by atoms with Gasteiger partial charge in [-0.05, 0) is 121 Å². The molecule has 0 atom stereocenters. The Morgan fingerprint density at radius 1 is 0.300 bits per heavy atom. The average molecular weight is 638 g/mol. The molecule has 0 unspecified atom stereocenters. The highest BCUT2D eigenvalue weighted by atomic mass is 16.3. The minimum atomic E-state index is 0.924. The maximum atomic E-state index is 6.14. The molecule has 0 amide bonds. The lowest BCUT2D eigenvalue weighted by Crippen LogP contribution is -2.09. The summed E-state index contributed by atoms with van der Waals surface area (Å²) in [7, 11) is 0. The Morgan fingerprint density at radius 2 is 0.900 bits per heavy atom. The summed E-state index contributed by atoms with van der Waals surface area (Å²) in [4.78, 5) is 2.33. The van der Waals surface area contributed by atoms with Crippen LogP contribution in [0.3, 0.4) is 0 Å². The molecule has 2 nitrogen and oxygen atoms in total. The fraction of sp³-hybridized carbons (Fsp3) is 0. The van der Waals surface area contributed by atoms with Crippen molar-refractivity contribution in [3.05, 3.63) is 188 Å². The molecule has 10 rings (SSSR count). The Morgan fingerprint density at radius 3 is 1.68 bits per heavy atom. The number of rotatable bonds is 5. The van der Waals surface area contributed by atoms with Crippen molar-refractivity contribution >= 4 is 71.3 Å². The van der Waals surface area contributed by atoms with Gasteiger partial charge in [-0.1, -0.05) is 121 Å². The van der Waals surface area contributed by atoms with Gasteiger partial charge in [-0.3, -0.25) is 0 Å². The van der Waals surface area contributed by atoms with E-state index in [0.29, 0.717) is 0 Å². The molecule has 0 aliphatic rings. The van der Waals surface area contributed by atoms with Gasteiger partial charge >= 0.3 is 0 Å². The van der Waals surface area contributed by atoms with Crippen LogP contribution in [0.5, 0.6) is 0 Å². The number of hydrogen-bond acceptors (Lipinski definition) is 2. The third kappa shape index (κ3) is 4.73. The van der Waals surface area contributed by atoms with Crippen molar-refractivity contribution in [1.82, 2.24) is 0 Å². The van der Waals surface area contributed by atoms with Crippen molar-refractivity contribution in [2.45, 2.75) is 0 Å². The van der Waals surface area contributed by atoms with Crippen LogP contribution in [0.25, 0.3) is 76.5 Å². The van der Waals surface area contributed by atoms with E-state index in [-0.39, 0.29) is 0 Å². The Bertz CT molecular complexity index is 2850. The second-order valence-electron chi connectivity index (χ2n) is 13.0. The molecule has 1 heterocycles. The van der Waals surface area contributed by atoms with E-state index < -0.39 is 0 Å². The number of para-hydroxylation sites is 2. The van der Waals surface area contributed by atoms with Crippen molar-refractivity contribution in [3.8, 4) is 22.3 Å². The molecule has 0 radical (unpaired) electrons. The lowest BCUT2D eigenvalue weighted by atomic mass is 9.93. The van der Waals surface area contributed by atoms with Crippen LogP contribution in [-0.2, 0) is 0 Å². The highest BCUT2D eigenvalue weighted by molar-refractivity contribution is 6.14. The first kappa shape index (κ1) is 28.4. The average Bonchev–Trinajstić information content (AvgIpc) is 3.55. The number of fused-ring (bicyclic) bond motifs is 7. The first-order valence-electron chi connectivity index (χ1n) is 17.1. The molecule has 2 heteroatoms. The van der Waals surface area contributed by atoms with Crippen LogP contribution in [0.1, 0.15) is 0 Å². The normalized spacial score (nSPS) is 11.6. The Kier molecular flexibility index (Phi) is 6.53. The SMILES string of the molecule is c1ccc(N(c2ccc(-c3ccc4cc5oc6ccccc6c5cc4c3)cc2)c2ccc(-c3cc4ccccc4c4ccccc34)cc2)cc1. The summed E-state index contributed by atoms with van der Waals surface area (Å²) in [5, 5.41) is 9.78. The molecule has 0 saturated carbocycles. The molecular weight excluding hydrogens is 607 g/mol. The van der Waals surface area contributed by atoms with Crippen LogP contribution in [0, 0.1) is 0 Å². The van der Waals surface area contributed by atoms with Gasteiger partial charge in [0.25, 0.3) is 0 Å². The van der Waals surface area contributed by atoms with Gasteiger partial charge in [-0.15, -0.1) is 0 Å². The Hall–Kier alpha value is -6.64. The summed E-state index contributed by atoms with van der Waals surface area (Å²) in [6, 6.07) is 67.6. The zero-order chi connectivity index (χ0) is 33.0. The van der Waals surface area contributed by atoms with Crippen LogP contribution in [0.2, 0.25) is 0 Å². The maximum Gasteiger partial charge on any atom is 0.136 e. The summed E-state index contributed by atoms with van der Waals surface area (Å²) in [6.07, 6.45) is 0. The molecule has 1 aromatic heterocycles. The van der Waals surface area contributed by atoms with E-state index in [0.717, 1.165) is 39.0 Å². The van der Waals surface area contributed by atoms with Crippen molar-refractivity contribution in [1.29, 1.82) is 0 Å². The molecule has 0 aliphatic carbocycles. The smallest absolute Gasteiger partial charge is 0.136 e. The van der Waals surface area contributed by atoms with E-state index in [1.54, 1.807) is 0 Å². The topological polar surface area (TPSA) is 16.4 Å². The lowest BCUT2D eigenvalue weighted by molar-refractivity contribution is 0.669. The van der Waals surface area contributed by atoms with Crippen LogP contribution >= 0.6 is 0 Å². The van der Waals surface area contributed by atoms with Gasteiger partial charge in [0.15, 0.2) is 0 Å². The predicted octanol–water partition coefficient (Wildman–Crippen LogP) is 13.8. The van der Waals surface area contributed by atoms with Crippen molar-refractivity contribution < 1.29 is 4.42 Å². The van der Waals surface area contributed by atoms with Crippen molar-refractivity contribution in [2.75, 3.05) is 4.90 Å². The summed E-state index contributed by atoms with van der Waals surface area (Å²) in [5.74, 6) is 0. The third-order valence-electron chi connectivity index (χ3n) is 10.0. The zero-order valence-corrected chi connectivity index (χ0v) is 27.3. The third-order valence-corrected chi connectivity index (χ3v) is 10.0. The molecule has 0 saturated heterocycles. The van der Waals surface area contributed by atoms with E-state index in [1.807, 2.05) is 12.1 Å². The molecule has 0 aliphatic heterocycles. The van der Waals surface area contributed by atoms with E-state index in [1.165, 1.54) is 54.6 Å². The van der Waals surface area contributed by atoms with Gasteiger partial charge in [0.05, 0.1) is 0 Å². The second-order valence-corrected chi connectivity index (χ2v) is 13.0. The van der Waals surface area contributed by atoms with Crippen molar-refractivity contribution in [2.24, 2.45) is 0 Å². The van der Waals surface area contributed by atoms with Crippen molar-refractivity contribution in [3.63, 3.8) is 0 Å². The molecule has 9 aromatic carbocycles. The zero-order valence-electron chi connectivity index (χ0n) is 27.3. The second kappa shape index (κ2) is 11.5. The quantitative estimate of drug-likeness (QED) is 0.175. The number of hydrogen-bond donors (Lipinski definition) is 0. The molecule has 0 N–H and O–H groups in total. The highest BCUT2D eigenvalue weighted by Gasteiger charge is 2.15.